The molecule has 1 unspecified atom stereocenters. The standard InChI is InChI=1S/C35H40N8O4/c1-41-13-11-22(12-14-41)37-30-4-2-3-28(38-30)27-19-42(40-32(27)21-5-6-21)24-15-20(16-24)18-36-23-7-8-25-26(17-23)35(47)43(34(25)46)29-9-10-31(44)39-33(29)45/h2-4,7-8,17,19-22,24,29,36H,5-6,9-16,18H2,1H3,(H,37,38)(H,39,44,45). The van der Waals surface area contributed by atoms with Gasteiger partial charge in [0, 0.05) is 42.4 Å². The first-order valence-electron chi connectivity index (χ1n) is 16.9. The fourth-order valence-corrected chi connectivity index (χ4v) is 7.40. The van der Waals surface area contributed by atoms with Gasteiger partial charge in [0.1, 0.15) is 11.9 Å². The number of fused-ring (bicyclic) bond motifs is 1. The predicted molar refractivity (Wildman–Crippen MR) is 175 cm³/mol. The Morgan fingerprint density at radius 1 is 0.915 bits per heavy atom. The fraction of sp³-hybridized carbons (Fsp3) is 0.486. The number of anilines is 2. The van der Waals surface area contributed by atoms with Gasteiger partial charge in [-0.15, -0.1) is 0 Å². The molecule has 8 rings (SSSR count). The fourth-order valence-electron chi connectivity index (χ4n) is 7.40. The molecule has 12 heteroatoms. The van der Waals surface area contributed by atoms with E-state index in [2.05, 4.69) is 57.0 Å². The third kappa shape index (κ3) is 5.79. The molecule has 0 radical (unpaired) electrons. The number of aromatic nitrogens is 3. The first-order valence-corrected chi connectivity index (χ1v) is 16.9. The Balaban J connectivity index is 0.893. The number of nitrogens with zero attached hydrogens (tertiary/aromatic N) is 5. The van der Waals surface area contributed by atoms with Crippen LogP contribution in [0.1, 0.15) is 89.7 Å². The van der Waals surface area contributed by atoms with E-state index >= 15 is 0 Å². The number of benzene rings is 1. The average molecular weight is 637 g/mol. The van der Waals surface area contributed by atoms with Gasteiger partial charge in [0.05, 0.1) is 28.6 Å². The van der Waals surface area contributed by atoms with Crippen molar-refractivity contribution in [2.24, 2.45) is 5.92 Å². The first-order chi connectivity index (χ1) is 22.8. The van der Waals surface area contributed by atoms with Crippen LogP contribution >= 0.6 is 0 Å². The van der Waals surface area contributed by atoms with Crippen LogP contribution in [0, 0.1) is 5.92 Å². The van der Waals surface area contributed by atoms with Crippen molar-refractivity contribution in [3.8, 4) is 11.3 Å². The smallest absolute Gasteiger partial charge is 0.262 e. The highest BCUT2D eigenvalue weighted by molar-refractivity contribution is 6.23. The summed E-state index contributed by atoms with van der Waals surface area (Å²) < 4.78 is 2.15. The largest absolute Gasteiger partial charge is 0.385 e. The number of amides is 4. The Morgan fingerprint density at radius 3 is 2.47 bits per heavy atom. The van der Waals surface area contributed by atoms with Crippen LogP contribution in [0.25, 0.3) is 11.3 Å². The molecule has 3 N–H and O–H groups in total. The normalized spacial score (nSPS) is 25.0. The molecule has 5 heterocycles. The highest BCUT2D eigenvalue weighted by atomic mass is 16.2. The van der Waals surface area contributed by atoms with E-state index in [9.17, 15) is 19.2 Å². The van der Waals surface area contributed by atoms with Crippen LogP contribution in [-0.2, 0) is 9.59 Å². The maximum atomic E-state index is 13.2. The van der Waals surface area contributed by atoms with Crippen molar-refractivity contribution < 1.29 is 19.2 Å². The summed E-state index contributed by atoms with van der Waals surface area (Å²) in [5.41, 5.74) is 4.62. The van der Waals surface area contributed by atoms with Crippen LogP contribution in [-0.4, -0.2) is 87.0 Å². The summed E-state index contributed by atoms with van der Waals surface area (Å²) in [6.45, 7) is 2.95. The first kappa shape index (κ1) is 29.8. The zero-order valence-corrected chi connectivity index (χ0v) is 26.6. The molecule has 2 saturated carbocycles. The molecule has 1 atom stereocenters. The summed E-state index contributed by atoms with van der Waals surface area (Å²) in [6, 6.07) is 11.2. The molecule has 4 fully saturated rings. The average Bonchev–Trinajstić information content (AvgIpc) is 3.75. The Bertz CT molecular complexity index is 1750. The summed E-state index contributed by atoms with van der Waals surface area (Å²) in [5.74, 6) is -0.0892. The summed E-state index contributed by atoms with van der Waals surface area (Å²) >= 11 is 0. The molecular weight excluding hydrogens is 596 g/mol. The molecule has 3 aromatic rings. The minimum absolute atomic E-state index is 0.0982. The van der Waals surface area contributed by atoms with E-state index in [4.69, 9.17) is 10.1 Å². The molecule has 12 nitrogen and oxygen atoms in total. The van der Waals surface area contributed by atoms with Gasteiger partial charge in [-0.1, -0.05) is 6.07 Å². The van der Waals surface area contributed by atoms with Crippen molar-refractivity contribution in [1.29, 1.82) is 0 Å². The minimum Gasteiger partial charge on any atom is -0.385 e. The minimum atomic E-state index is -0.966. The summed E-state index contributed by atoms with van der Waals surface area (Å²) in [7, 11) is 2.18. The number of hydrogen-bond acceptors (Lipinski definition) is 9. The predicted octanol–water partition coefficient (Wildman–Crippen LogP) is 3.79. The van der Waals surface area contributed by atoms with Crippen molar-refractivity contribution >= 4 is 35.1 Å². The zero-order valence-electron chi connectivity index (χ0n) is 26.6. The highest BCUT2D eigenvalue weighted by Crippen LogP contribution is 2.45. The zero-order chi connectivity index (χ0) is 32.2. The second-order valence-corrected chi connectivity index (χ2v) is 13.9. The van der Waals surface area contributed by atoms with Gasteiger partial charge in [-0.2, -0.15) is 5.10 Å². The van der Waals surface area contributed by atoms with Gasteiger partial charge in [-0.25, -0.2) is 4.98 Å². The van der Waals surface area contributed by atoms with E-state index in [1.54, 1.807) is 18.2 Å². The maximum Gasteiger partial charge on any atom is 0.262 e. The summed E-state index contributed by atoms with van der Waals surface area (Å²) in [4.78, 5) is 58.5. The van der Waals surface area contributed by atoms with Crippen LogP contribution in [0.5, 0.6) is 0 Å². The van der Waals surface area contributed by atoms with Gasteiger partial charge < -0.3 is 15.5 Å². The van der Waals surface area contributed by atoms with Crippen LogP contribution in [0.3, 0.4) is 0 Å². The van der Waals surface area contributed by atoms with Gasteiger partial charge in [-0.05, 0) is 101 Å². The topological polar surface area (TPSA) is 142 Å². The van der Waals surface area contributed by atoms with E-state index in [0.717, 1.165) is 73.0 Å². The molecule has 4 amide bonds. The Labute approximate surface area is 273 Å². The van der Waals surface area contributed by atoms with E-state index < -0.39 is 23.8 Å². The number of carbonyl (C=O) groups excluding carboxylic acids is 4. The third-order valence-electron chi connectivity index (χ3n) is 10.4. The number of piperidine rings is 2. The quantitative estimate of drug-likeness (QED) is 0.299. The van der Waals surface area contributed by atoms with E-state index in [0.29, 0.717) is 23.9 Å². The Kier molecular flexibility index (Phi) is 7.54. The molecule has 2 aliphatic carbocycles. The van der Waals surface area contributed by atoms with Gasteiger partial charge in [-0.3, -0.25) is 34.1 Å². The molecule has 5 aliphatic rings. The number of rotatable bonds is 9. The highest BCUT2D eigenvalue weighted by Gasteiger charge is 2.44. The second-order valence-electron chi connectivity index (χ2n) is 13.9. The lowest BCUT2D eigenvalue weighted by Crippen LogP contribution is -2.54. The van der Waals surface area contributed by atoms with Crippen LogP contribution in [0.15, 0.2) is 42.6 Å². The Hall–Kier alpha value is -4.58. The van der Waals surface area contributed by atoms with Crippen LogP contribution in [0.4, 0.5) is 11.5 Å². The summed E-state index contributed by atoms with van der Waals surface area (Å²) in [6.07, 6.45) is 9.02. The number of nitrogens with one attached hydrogen (secondary N) is 3. The number of hydrogen-bond donors (Lipinski definition) is 3. The van der Waals surface area contributed by atoms with Gasteiger partial charge >= 0.3 is 0 Å². The van der Waals surface area contributed by atoms with Crippen molar-refractivity contribution in [2.45, 2.75) is 75.4 Å². The van der Waals surface area contributed by atoms with E-state index in [1.807, 2.05) is 0 Å². The molecule has 2 saturated heterocycles. The lowest BCUT2D eigenvalue weighted by molar-refractivity contribution is -0.136. The second kappa shape index (κ2) is 11.9. The number of imide groups is 2. The maximum absolute atomic E-state index is 13.2. The molecule has 3 aliphatic heterocycles. The molecule has 1 aromatic carbocycles. The molecular formula is C35H40N8O4. The molecule has 2 aromatic heterocycles. The van der Waals surface area contributed by atoms with Crippen molar-refractivity contribution in [1.82, 2.24) is 29.9 Å². The lowest BCUT2D eigenvalue weighted by Gasteiger charge is -2.35. The van der Waals surface area contributed by atoms with E-state index in [-0.39, 0.29) is 29.9 Å². The van der Waals surface area contributed by atoms with Crippen molar-refractivity contribution in [3.63, 3.8) is 0 Å². The molecule has 0 bridgehead atoms. The molecule has 244 valence electrons. The number of carbonyl (C=O) groups is 4. The SMILES string of the molecule is CN1CCC(Nc2cccc(-c3cn(C4CC(CNc5ccc6c(c5)C(=O)N(C5CCC(=O)NC5=O)C6=O)C4)nc3C3CC3)n2)CC1. The van der Waals surface area contributed by atoms with Gasteiger partial charge in [0.15, 0.2) is 0 Å². The third-order valence-corrected chi connectivity index (χ3v) is 10.4. The number of likely N-dealkylation sites (tertiary alicyclic amines) is 1. The summed E-state index contributed by atoms with van der Waals surface area (Å²) in [5, 5.41) is 14.4. The lowest BCUT2D eigenvalue weighted by atomic mass is 9.80. The van der Waals surface area contributed by atoms with Crippen LogP contribution < -0.4 is 16.0 Å². The number of pyridine rings is 1. The van der Waals surface area contributed by atoms with Crippen molar-refractivity contribution in [3.05, 3.63) is 59.4 Å². The molecule has 47 heavy (non-hydrogen) atoms. The van der Waals surface area contributed by atoms with Gasteiger partial charge in [0.2, 0.25) is 11.8 Å². The monoisotopic (exact) mass is 636 g/mol. The van der Waals surface area contributed by atoms with E-state index in [1.165, 1.54) is 18.5 Å². The van der Waals surface area contributed by atoms with Gasteiger partial charge in [0.25, 0.3) is 11.8 Å². The van der Waals surface area contributed by atoms with Crippen LogP contribution in [0.2, 0.25) is 0 Å². The Morgan fingerprint density at radius 2 is 1.70 bits per heavy atom. The van der Waals surface area contributed by atoms with Crippen molar-refractivity contribution in [2.75, 3.05) is 37.3 Å². The molecule has 0 spiro atoms.